The third-order valence-electron chi connectivity index (χ3n) is 2.64. The van der Waals surface area contributed by atoms with Crippen molar-refractivity contribution in [3.63, 3.8) is 0 Å². The fourth-order valence-electron chi connectivity index (χ4n) is 1.75. The van der Waals surface area contributed by atoms with Crippen LogP contribution in [-0.4, -0.2) is 4.98 Å². The zero-order valence-corrected chi connectivity index (χ0v) is 8.08. The molecule has 1 fully saturated rings. The molecule has 0 bridgehead atoms. The van der Waals surface area contributed by atoms with Gasteiger partial charge in [0.2, 0.25) is 0 Å². The van der Waals surface area contributed by atoms with Gasteiger partial charge < -0.3 is 10.2 Å². The van der Waals surface area contributed by atoms with Crippen LogP contribution in [0.4, 0.5) is 5.69 Å². The first-order valence-electron chi connectivity index (χ1n) is 4.90. The van der Waals surface area contributed by atoms with Crippen molar-refractivity contribution in [1.82, 2.24) is 4.98 Å². The molecule has 0 unspecified atom stereocenters. The summed E-state index contributed by atoms with van der Waals surface area (Å²) in [6, 6.07) is 3.79. The third kappa shape index (κ3) is 1.09. The van der Waals surface area contributed by atoms with Crippen LogP contribution in [0.5, 0.6) is 0 Å². The monoisotopic (exact) mass is 188 g/mol. The molecular formula is C11H12N2O. The van der Waals surface area contributed by atoms with Gasteiger partial charge in [0.1, 0.15) is 5.52 Å². The summed E-state index contributed by atoms with van der Waals surface area (Å²) in [7, 11) is 0. The Balaban J connectivity index is 2.26. The molecule has 0 saturated heterocycles. The molecule has 72 valence electrons. The third-order valence-corrected chi connectivity index (χ3v) is 2.64. The molecule has 1 aliphatic rings. The highest BCUT2D eigenvalue weighted by Gasteiger charge is 2.29. The van der Waals surface area contributed by atoms with E-state index in [9.17, 15) is 0 Å². The van der Waals surface area contributed by atoms with E-state index in [4.69, 9.17) is 10.2 Å². The smallest absolute Gasteiger partial charge is 0.198 e. The largest absolute Gasteiger partial charge is 0.440 e. The van der Waals surface area contributed by atoms with E-state index >= 15 is 0 Å². The lowest BCUT2D eigenvalue weighted by Gasteiger charge is -1.95. The Hall–Kier alpha value is -1.51. The van der Waals surface area contributed by atoms with Gasteiger partial charge in [-0.3, -0.25) is 0 Å². The summed E-state index contributed by atoms with van der Waals surface area (Å²) in [5.41, 5.74) is 9.35. The van der Waals surface area contributed by atoms with Crippen molar-refractivity contribution in [2.75, 3.05) is 5.73 Å². The predicted octanol–water partition coefficient (Wildman–Crippen LogP) is 2.60. The number of aryl methyl sites for hydroxylation is 1. The second-order valence-corrected chi connectivity index (χ2v) is 4.01. The van der Waals surface area contributed by atoms with Gasteiger partial charge in [-0.05, 0) is 37.5 Å². The van der Waals surface area contributed by atoms with Crippen LogP contribution >= 0.6 is 0 Å². The van der Waals surface area contributed by atoms with Gasteiger partial charge in [-0.2, -0.15) is 0 Å². The number of aromatic nitrogens is 1. The molecule has 0 aliphatic heterocycles. The lowest BCUT2D eigenvalue weighted by atomic mass is 10.2. The zero-order chi connectivity index (χ0) is 9.71. The number of nitrogens with zero attached hydrogens (tertiary/aromatic N) is 1. The molecule has 0 spiro atoms. The summed E-state index contributed by atoms with van der Waals surface area (Å²) in [5, 5.41) is 0. The Morgan fingerprint density at radius 1 is 1.43 bits per heavy atom. The van der Waals surface area contributed by atoms with Gasteiger partial charge in [0.15, 0.2) is 11.5 Å². The second-order valence-electron chi connectivity index (χ2n) is 4.01. The van der Waals surface area contributed by atoms with Crippen LogP contribution in [0, 0.1) is 6.92 Å². The summed E-state index contributed by atoms with van der Waals surface area (Å²) in [6.45, 7) is 2.00. The molecule has 14 heavy (non-hydrogen) atoms. The normalized spacial score (nSPS) is 16.4. The van der Waals surface area contributed by atoms with E-state index in [0.717, 1.165) is 28.2 Å². The summed E-state index contributed by atoms with van der Waals surface area (Å²) < 4.78 is 5.71. The lowest BCUT2D eigenvalue weighted by Crippen LogP contribution is -1.85. The van der Waals surface area contributed by atoms with Crippen LogP contribution in [0.25, 0.3) is 11.1 Å². The highest BCUT2D eigenvalue weighted by molar-refractivity contribution is 5.80. The maximum Gasteiger partial charge on any atom is 0.198 e. The number of hydrogen-bond donors (Lipinski definition) is 1. The number of fused-ring (bicyclic) bond motifs is 1. The van der Waals surface area contributed by atoms with Crippen molar-refractivity contribution >= 4 is 16.8 Å². The summed E-state index contributed by atoms with van der Waals surface area (Å²) >= 11 is 0. The fourth-order valence-corrected chi connectivity index (χ4v) is 1.75. The van der Waals surface area contributed by atoms with Gasteiger partial charge in [0.25, 0.3) is 0 Å². The van der Waals surface area contributed by atoms with E-state index in [2.05, 4.69) is 4.98 Å². The number of nitrogens with two attached hydrogens (primary N) is 1. The van der Waals surface area contributed by atoms with E-state index in [1.807, 2.05) is 19.1 Å². The molecule has 2 N–H and O–H groups in total. The molecule has 2 aromatic rings. The van der Waals surface area contributed by atoms with Gasteiger partial charge in [-0.25, -0.2) is 4.98 Å². The molecule has 0 radical (unpaired) electrons. The zero-order valence-electron chi connectivity index (χ0n) is 8.08. The Morgan fingerprint density at radius 2 is 2.21 bits per heavy atom. The van der Waals surface area contributed by atoms with Crippen molar-refractivity contribution in [2.45, 2.75) is 25.7 Å². The van der Waals surface area contributed by atoms with Crippen LogP contribution in [0.1, 0.15) is 30.2 Å². The van der Waals surface area contributed by atoms with Crippen LogP contribution in [0.2, 0.25) is 0 Å². The van der Waals surface area contributed by atoms with Gasteiger partial charge in [0.05, 0.1) is 0 Å². The number of oxazole rings is 1. The molecule has 3 rings (SSSR count). The molecule has 3 heteroatoms. The van der Waals surface area contributed by atoms with Crippen molar-refractivity contribution in [2.24, 2.45) is 0 Å². The minimum atomic E-state index is 0.558. The summed E-state index contributed by atoms with van der Waals surface area (Å²) in [5.74, 6) is 1.44. The molecular weight excluding hydrogens is 176 g/mol. The molecule has 1 heterocycles. The van der Waals surface area contributed by atoms with E-state index in [1.54, 1.807) is 0 Å². The Kier molecular flexibility index (Phi) is 1.40. The van der Waals surface area contributed by atoms with E-state index < -0.39 is 0 Å². The molecule has 1 saturated carbocycles. The van der Waals surface area contributed by atoms with Crippen LogP contribution in [0.15, 0.2) is 16.5 Å². The highest BCUT2D eigenvalue weighted by atomic mass is 16.3. The van der Waals surface area contributed by atoms with Gasteiger partial charge in [0, 0.05) is 11.6 Å². The first kappa shape index (κ1) is 7.85. The Bertz CT molecular complexity index is 497. The van der Waals surface area contributed by atoms with E-state index in [0.29, 0.717) is 5.92 Å². The van der Waals surface area contributed by atoms with Gasteiger partial charge in [-0.15, -0.1) is 0 Å². The van der Waals surface area contributed by atoms with Crippen molar-refractivity contribution in [3.05, 3.63) is 23.6 Å². The molecule has 3 nitrogen and oxygen atoms in total. The quantitative estimate of drug-likeness (QED) is 0.700. The standard InChI is InChI=1S/C11H12N2O/c1-6-4-8(12)5-9-10(6)14-11(13-9)7-2-3-7/h4-5,7H,2-3,12H2,1H3. The number of benzene rings is 1. The number of nitrogen functional groups attached to an aromatic ring is 1. The highest BCUT2D eigenvalue weighted by Crippen LogP contribution is 2.41. The number of anilines is 1. The number of rotatable bonds is 1. The van der Waals surface area contributed by atoms with Crippen molar-refractivity contribution in [3.8, 4) is 0 Å². The second kappa shape index (κ2) is 2.50. The SMILES string of the molecule is Cc1cc(N)cc2nc(C3CC3)oc12. The predicted molar refractivity (Wildman–Crippen MR) is 55.1 cm³/mol. The molecule has 0 amide bonds. The average Bonchev–Trinajstić information content (AvgIpc) is 2.87. The van der Waals surface area contributed by atoms with E-state index in [1.165, 1.54) is 12.8 Å². The van der Waals surface area contributed by atoms with Gasteiger partial charge in [-0.1, -0.05) is 0 Å². The Morgan fingerprint density at radius 3 is 2.93 bits per heavy atom. The maximum absolute atomic E-state index is 5.74. The topological polar surface area (TPSA) is 52.0 Å². The first-order valence-corrected chi connectivity index (χ1v) is 4.90. The van der Waals surface area contributed by atoms with Crippen LogP contribution in [0.3, 0.4) is 0 Å². The van der Waals surface area contributed by atoms with Crippen LogP contribution in [-0.2, 0) is 0 Å². The first-order chi connectivity index (χ1) is 6.74. The van der Waals surface area contributed by atoms with Gasteiger partial charge >= 0.3 is 0 Å². The molecule has 1 aliphatic carbocycles. The molecule has 1 aromatic carbocycles. The minimum Gasteiger partial charge on any atom is -0.440 e. The number of hydrogen-bond acceptors (Lipinski definition) is 3. The van der Waals surface area contributed by atoms with Crippen LogP contribution < -0.4 is 5.73 Å². The average molecular weight is 188 g/mol. The minimum absolute atomic E-state index is 0.558. The van der Waals surface area contributed by atoms with Crippen molar-refractivity contribution in [1.29, 1.82) is 0 Å². The lowest BCUT2D eigenvalue weighted by molar-refractivity contribution is 0.531. The fraction of sp³-hybridized carbons (Fsp3) is 0.364. The van der Waals surface area contributed by atoms with E-state index in [-0.39, 0.29) is 0 Å². The molecule has 0 atom stereocenters. The summed E-state index contributed by atoms with van der Waals surface area (Å²) in [4.78, 5) is 4.45. The summed E-state index contributed by atoms with van der Waals surface area (Å²) in [6.07, 6.45) is 2.42. The molecule has 1 aromatic heterocycles. The van der Waals surface area contributed by atoms with Crippen molar-refractivity contribution < 1.29 is 4.42 Å². The maximum atomic E-state index is 5.74. The Labute approximate surface area is 81.9 Å².